The van der Waals surface area contributed by atoms with Crippen LogP contribution in [0.3, 0.4) is 0 Å². The minimum absolute atomic E-state index is 0.375. The lowest BCUT2D eigenvalue weighted by Crippen LogP contribution is -2.45. The quantitative estimate of drug-likeness (QED) is 0.807. The van der Waals surface area contributed by atoms with Gasteiger partial charge in [0.15, 0.2) is 0 Å². The molecule has 0 radical (unpaired) electrons. The predicted molar refractivity (Wildman–Crippen MR) is 60.9 cm³/mol. The van der Waals surface area contributed by atoms with Crippen molar-refractivity contribution >= 4 is 11.6 Å². The van der Waals surface area contributed by atoms with Crippen LogP contribution in [0.2, 0.25) is 5.02 Å². The van der Waals surface area contributed by atoms with E-state index in [2.05, 4.69) is 6.58 Å². The van der Waals surface area contributed by atoms with Crippen molar-refractivity contribution in [2.45, 2.75) is 24.9 Å². The summed E-state index contributed by atoms with van der Waals surface area (Å²) in [6, 6.07) is 6.19. The molecule has 0 aliphatic heterocycles. The molecule has 88 valence electrons. The second-order valence-corrected chi connectivity index (χ2v) is 4.30. The average molecular weight is 247 g/mol. The summed E-state index contributed by atoms with van der Waals surface area (Å²) in [7, 11) is 0. The van der Waals surface area contributed by atoms with E-state index in [0.717, 1.165) is 13.0 Å². The summed E-state index contributed by atoms with van der Waals surface area (Å²) in [5.74, 6) is -3.28. The van der Waals surface area contributed by atoms with Crippen LogP contribution >= 0.6 is 11.6 Å². The molecule has 0 saturated heterocycles. The van der Waals surface area contributed by atoms with Crippen molar-refractivity contribution in [3.8, 4) is 0 Å². The standard InChI is InChI=1S/C12H13ClF2O/c1-3-11(2,16)12(14,15)8-9-5-4-6-10(13)7-9/h3-7,16H,1,8H2,2H3. The number of alkyl halides is 2. The SMILES string of the molecule is C=CC(C)(O)C(F)(F)Cc1cccc(Cl)c1. The van der Waals surface area contributed by atoms with Crippen molar-refractivity contribution in [3.05, 3.63) is 47.5 Å². The van der Waals surface area contributed by atoms with Gasteiger partial charge in [-0.1, -0.05) is 29.8 Å². The Bertz CT molecular complexity index is 388. The number of benzene rings is 1. The zero-order chi connectivity index (χ0) is 12.4. The van der Waals surface area contributed by atoms with Crippen molar-refractivity contribution in [1.82, 2.24) is 0 Å². The van der Waals surface area contributed by atoms with E-state index < -0.39 is 17.9 Å². The first-order chi connectivity index (χ1) is 7.28. The molecular weight excluding hydrogens is 234 g/mol. The Hall–Kier alpha value is -0.930. The summed E-state index contributed by atoms with van der Waals surface area (Å²) in [5, 5.41) is 9.88. The predicted octanol–water partition coefficient (Wildman–Crippen LogP) is 3.45. The zero-order valence-electron chi connectivity index (χ0n) is 8.88. The minimum Gasteiger partial charge on any atom is -0.380 e. The fourth-order valence-electron chi connectivity index (χ4n) is 1.23. The van der Waals surface area contributed by atoms with Gasteiger partial charge in [0.1, 0.15) is 5.60 Å². The molecule has 0 aromatic heterocycles. The Kier molecular flexibility index (Phi) is 3.71. The number of hydrogen-bond acceptors (Lipinski definition) is 1. The Morgan fingerprint density at radius 2 is 2.12 bits per heavy atom. The summed E-state index contributed by atoms with van der Waals surface area (Å²) >= 11 is 5.69. The van der Waals surface area contributed by atoms with Gasteiger partial charge in [0.25, 0.3) is 5.92 Å². The van der Waals surface area contributed by atoms with Gasteiger partial charge in [-0.25, -0.2) is 8.78 Å². The van der Waals surface area contributed by atoms with Crippen molar-refractivity contribution in [1.29, 1.82) is 0 Å². The van der Waals surface area contributed by atoms with Crippen LogP contribution in [0, 0.1) is 0 Å². The van der Waals surface area contributed by atoms with E-state index in [1.54, 1.807) is 18.2 Å². The zero-order valence-corrected chi connectivity index (χ0v) is 9.64. The van der Waals surface area contributed by atoms with E-state index in [-0.39, 0.29) is 0 Å². The third-order valence-electron chi connectivity index (χ3n) is 2.45. The summed E-state index contributed by atoms with van der Waals surface area (Å²) in [6.07, 6.45) is 0.268. The largest absolute Gasteiger partial charge is 0.380 e. The van der Waals surface area contributed by atoms with Crippen molar-refractivity contribution < 1.29 is 13.9 Å². The van der Waals surface area contributed by atoms with Gasteiger partial charge in [-0.15, -0.1) is 6.58 Å². The van der Waals surface area contributed by atoms with Crippen LogP contribution in [0.25, 0.3) is 0 Å². The van der Waals surface area contributed by atoms with Gasteiger partial charge >= 0.3 is 0 Å². The number of aliphatic hydroxyl groups is 1. The third-order valence-corrected chi connectivity index (χ3v) is 2.69. The molecule has 1 nitrogen and oxygen atoms in total. The van der Waals surface area contributed by atoms with Crippen LogP contribution in [0.1, 0.15) is 12.5 Å². The Morgan fingerprint density at radius 1 is 1.50 bits per heavy atom. The van der Waals surface area contributed by atoms with Crippen molar-refractivity contribution in [2.24, 2.45) is 0 Å². The van der Waals surface area contributed by atoms with Crippen LogP contribution < -0.4 is 0 Å². The maximum atomic E-state index is 13.7. The van der Waals surface area contributed by atoms with E-state index in [1.165, 1.54) is 6.07 Å². The summed E-state index contributed by atoms with van der Waals surface area (Å²) in [5.41, 5.74) is -1.85. The summed E-state index contributed by atoms with van der Waals surface area (Å²) < 4.78 is 27.3. The molecule has 0 aliphatic carbocycles. The van der Waals surface area contributed by atoms with Crippen molar-refractivity contribution in [2.75, 3.05) is 0 Å². The smallest absolute Gasteiger partial charge is 0.283 e. The molecule has 1 rings (SSSR count). The van der Waals surface area contributed by atoms with E-state index >= 15 is 0 Å². The van der Waals surface area contributed by atoms with Crippen LogP contribution in [-0.2, 0) is 6.42 Å². The minimum atomic E-state index is -3.28. The molecule has 0 aliphatic rings. The Morgan fingerprint density at radius 3 is 2.62 bits per heavy atom. The highest BCUT2D eigenvalue weighted by molar-refractivity contribution is 6.30. The average Bonchev–Trinajstić information content (AvgIpc) is 2.16. The molecule has 4 heteroatoms. The van der Waals surface area contributed by atoms with Gasteiger partial charge in [0.2, 0.25) is 0 Å². The van der Waals surface area contributed by atoms with E-state index in [9.17, 15) is 13.9 Å². The molecule has 1 N–H and O–H groups in total. The van der Waals surface area contributed by atoms with Gasteiger partial charge in [0, 0.05) is 11.4 Å². The molecule has 0 fully saturated rings. The Labute approximate surface area is 98.4 Å². The number of rotatable bonds is 4. The maximum Gasteiger partial charge on any atom is 0.283 e. The fourth-order valence-corrected chi connectivity index (χ4v) is 1.44. The van der Waals surface area contributed by atoms with Gasteiger partial charge < -0.3 is 5.11 Å². The maximum absolute atomic E-state index is 13.7. The van der Waals surface area contributed by atoms with E-state index in [1.807, 2.05) is 0 Å². The van der Waals surface area contributed by atoms with Crippen LogP contribution in [0.15, 0.2) is 36.9 Å². The highest BCUT2D eigenvalue weighted by Gasteiger charge is 2.46. The van der Waals surface area contributed by atoms with E-state index in [0.29, 0.717) is 10.6 Å². The monoisotopic (exact) mass is 246 g/mol. The van der Waals surface area contributed by atoms with Crippen LogP contribution in [0.4, 0.5) is 8.78 Å². The second-order valence-electron chi connectivity index (χ2n) is 3.86. The first-order valence-electron chi connectivity index (χ1n) is 4.77. The lowest BCUT2D eigenvalue weighted by atomic mass is 9.92. The molecule has 1 unspecified atom stereocenters. The molecule has 0 amide bonds. The summed E-state index contributed by atoms with van der Waals surface area (Å²) in [6.45, 7) is 4.23. The topological polar surface area (TPSA) is 20.2 Å². The van der Waals surface area contributed by atoms with Crippen molar-refractivity contribution in [3.63, 3.8) is 0 Å². The van der Waals surface area contributed by atoms with Gasteiger partial charge in [-0.2, -0.15) is 0 Å². The van der Waals surface area contributed by atoms with Crippen LogP contribution in [-0.4, -0.2) is 16.6 Å². The molecule has 1 aromatic carbocycles. The highest BCUT2D eigenvalue weighted by atomic mass is 35.5. The summed E-state index contributed by atoms with van der Waals surface area (Å²) in [4.78, 5) is 0. The van der Waals surface area contributed by atoms with Gasteiger partial charge in [0.05, 0.1) is 0 Å². The molecule has 0 heterocycles. The molecule has 0 spiro atoms. The van der Waals surface area contributed by atoms with Gasteiger partial charge in [-0.05, 0) is 24.6 Å². The van der Waals surface area contributed by atoms with Crippen LogP contribution in [0.5, 0.6) is 0 Å². The lowest BCUT2D eigenvalue weighted by molar-refractivity contribution is -0.143. The third kappa shape index (κ3) is 2.80. The Balaban J connectivity index is 2.92. The molecule has 1 atom stereocenters. The first kappa shape index (κ1) is 13.1. The fraction of sp³-hybridized carbons (Fsp3) is 0.333. The molecule has 0 bridgehead atoms. The molecule has 1 aromatic rings. The normalized spacial score (nSPS) is 15.6. The highest BCUT2D eigenvalue weighted by Crippen LogP contribution is 2.33. The first-order valence-corrected chi connectivity index (χ1v) is 5.14. The molecule has 0 saturated carbocycles. The van der Waals surface area contributed by atoms with Gasteiger partial charge in [-0.3, -0.25) is 0 Å². The molecular formula is C12H13ClF2O. The van der Waals surface area contributed by atoms with E-state index in [4.69, 9.17) is 11.6 Å². The molecule has 16 heavy (non-hydrogen) atoms. The number of hydrogen-bond donors (Lipinski definition) is 1. The second kappa shape index (κ2) is 4.52. The lowest BCUT2D eigenvalue weighted by Gasteiger charge is -2.29. The number of halogens is 3.